The molecule has 1 amide bonds. The molecule has 1 N–H and O–H groups in total. The highest BCUT2D eigenvalue weighted by atomic mass is 35.5. The molecule has 6 heteroatoms. The van der Waals surface area contributed by atoms with Crippen LogP contribution in [0.4, 0.5) is 5.69 Å². The molecule has 1 aromatic heterocycles. The Kier molecular flexibility index (Phi) is 4.35. The van der Waals surface area contributed by atoms with Gasteiger partial charge in [0.1, 0.15) is 5.54 Å². The van der Waals surface area contributed by atoms with Crippen molar-refractivity contribution >= 4 is 40.3 Å². The van der Waals surface area contributed by atoms with Gasteiger partial charge in [-0.15, -0.1) is 11.3 Å². The number of likely N-dealkylation sites (N-methyl/N-ethyl adjacent to an activating group) is 1. The molecule has 1 unspecified atom stereocenters. The number of likely N-dealkylation sites (tertiary alicyclic amines) is 1. The fourth-order valence-corrected chi connectivity index (χ4v) is 5.81. The number of Topliss-reactive ketones (excluding diaryl/α,β-unsaturated/α-hetero) is 1. The number of para-hydroxylation sites is 1. The van der Waals surface area contributed by atoms with Crippen LogP contribution in [-0.4, -0.2) is 30.2 Å². The molecule has 0 saturated carbocycles. The molecule has 5 rings (SSSR count). The highest BCUT2D eigenvalue weighted by molar-refractivity contribution is 7.12. The molecule has 3 heterocycles. The molecule has 4 nitrogen and oxygen atoms in total. The number of carbonyl (C=O) groups is 2. The van der Waals surface area contributed by atoms with Crippen molar-refractivity contribution in [2.75, 3.05) is 18.9 Å². The number of benzene rings is 2. The molecular formula is C23H19ClN2O2S. The molecule has 2 aliphatic rings. The van der Waals surface area contributed by atoms with Crippen molar-refractivity contribution in [2.45, 2.75) is 11.5 Å². The predicted molar refractivity (Wildman–Crippen MR) is 116 cm³/mol. The molecule has 1 saturated heterocycles. The van der Waals surface area contributed by atoms with Gasteiger partial charge in [0.2, 0.25) is 5.91 Å². The average molecular weight is 423 g/mol. The molecule has 2 aliphatic heterocycles. The highest BCUT2D eigenvalue weighted by Gasteiger charge is 2.64. The largest absolute Gasteiger partial charge is 0.324 e. The number of nitrogens with zero attached hydrogens (tertiary/aromatic N) is 1. The first-order valence-electron chi connectivity index (χ1n) is 9.49. The van der Waals surface area contributed by atoms with Crippen LogP contribution in [0, 0.1) is 5.92 Å². The lowest BCUT2D eigenvalue weighted by atomic mass is 9.71. The third-order valence-electron chi connectivity index (χ3n) is 6.20. The number of halogens is 1. The van der Waals surface area contributed by atoms with E-state index in [9.17, 15) is 9.59 Å². The van der Waals surface area contributed by atoms with Gasteiger partial charge in [0.15, 0.2) is 5.78 Å². The van der Waals surface area contributed by atoms with Crippen LogP contribution in [0.15, 0.2) is 66.0 Å². The van der Waals surface area contributed by atoms with Gasteiger partial charge in [-0.05, 0) is 42.3 Å². The lowest BCUT2D eigenvalue weighted by Gasteiger charge is -2.35. The number of hydrogen-bond acceptors (Lipinski definition) is 4. The molecule has 0 radical (unpaired) electrons. The van der Waals surface area contributed by atoms with E-state index in [0.29, 0.717) is 16.4 Å². The molecular weight excluding hydrogens is 404 g/mol. The Hall–Kier alpha value is -2.47. The van der Waals surface area contributed by atoms with Gasteiger partial charge in [0.25, 0.3) is 0 Å². The van der Waals surface area contributed by atoms with E-state index in [1.54, 1.807) is 0 Å². The van der Waals surface area contributed by atoms with Gasteiger partial charge < -0.3 is 5.32 Å². The number of ketones is 1. The van der Waals surface area contributed by atoms with Crippen LogP contribution in [0.1, 0.15) is 26.7 Å². The Morgan fingerprint density at radius 1 is 1.14 bits per heavy atom. The summed E-state index contributed by atoms with van der Waals surface area (Å²) in [6, 6.07) is 19.0. The number of nitrogens with one attached hydrogen (secondary N) is 1. The third kappa shape index (κ3) is 2.61. The quantitative estimate of drug-likeness (QED) is 0.618. The molecule has 3 atom stereocenters. The molecule has 146 valence electrons. The predicted octanol–water partition coefficient (Wildman–Crippen LogP) is 4.78. The maximum atomic E-state index is 13.8. The lowest BCUT2D eigenvalue weighted by Crippen LogP contribution is -2.51. The Labute approximate surface area is 178 Å². The number of amides is 1. The molecule has 3 aromatic rings. The molecule has 1 fully saturated rings. The maximum absolute atomic E-state index is 13.8. The van der Waals surface area contributed by atoms with Gasteiger partial charge >= 0.3 is 0 Å². The van der Waals surface area contributed by atoms with Gasteiger partial charge in [0, 0.05) is 28.7 Å². The Bertz CT molecular complexity index is 1100. The van der Waals surface area contributed by atoms with Gasteiger partial charge in [0.05, 0.1) is 10.8 Å². The number of rotatable bonds is 3. The van der Waals surface area contributed by atoms with Crippen molar-refractivity contribution < 1.29 is 9.59 Å². The minimum atomic E-state index is -1.03. The summed E-state index contributed by atoms with van der Waals surface area (Å²) in [6.45, 7) is 0.602. The summed E-state index contributed by atoms with van der Waals surface area (Å²) in [5, 5.41) is 5.58. The second kappa shape index (κ2) is 6.80. The first-order chi connectivity index (χ1) is 14.0. The van der Waals surface area contributed by atoms with Crippen LogP contribution in [-0.2, 0) is 10.3 Å². The van der Waals surface area contributed by atoms with Crippen molar-refractivity contribution in [3.63, 3.8) is 0 Å². The number of carbonyl (C=O) groups excluding carboxylic acids is 2. The van der Waals surface area contributed by atoms with Crippen LogP contribution in [0.5, 0.6) is 0 Å². The topological polar surface area (TPSA) is 49.4 Å². The van der Waals surface area contributed by atoms with Crippen LogP contribution >= 0.6 is 22.9 Å². The lowest BCUT2D eigenvalue weighted by molar-refractivity contribution is -0.126. The van der Waals surface area contributed by atoms with E-state index < -0.39 is 11.5 Å². The van der Waals surface area contributed by atoms with Crippen molar-refractivity contribution in [1.29, 1.82) is 0 Å². The first-order valence-corrected chi connectivity index (χ1v) is 10.7. The van der Waals surface area contributed by atoms with Crippen LogP contribution < -0.4 is 5.32 Å². The summed E-state index contributed by atoms with van der Waals surface area (Å²) in [6.07, 6.45) is 0. The monoisotopic (exact) mass is 422 g/mol. The zero-order chi connectivity index (χ0) is 20.2. The normalized spacial score (nSPS) is 25.9. The smallest absolute Gasteiger partial charge is 0.250 e. The van der Waals surface area contributed by atoms with Gasteiger partial charge in [-0.25, -0.2) is 0 Å². The van der Waals surface area contributed by atoms with E-state index in [1.807, 2.05) is 78.0 Å². The van der Waals surface area contributed by atoms with Crippen LogP contribution in [0.25, 0.3) is 0 Å². The molecule has 29 heavy (non-hydrogen) atoms. The van der Waals surface area contributed by atoms with E-state index in [4.69, 9.17) is 11.6 Å². The zero-order valence-electron chi connectivity index (χ0n) is 15.8. The summed E-state index contributed by atoms with van der Waals surface area (Å²) in [4.78, 5) is 30.0. The fraction of sp³-hybridized carbons (Fsp3) is 0.217. The van der Waals surface area contributed by atoms with Crippen LogP contribution in [0.2, 0.25) is 5.02 Å². The van der Waals surface area contributed by atoms with Crippen molar-refractivity contribution in [2.24, 2.45) is 5.92 Å². The Morgan fingerprint density at radius 2 is 1.90 bits per heavy atom. The highest BCUT2D eigenvalue weighted by Crippen LogP contribution is 2.55. The van der Waals surface area contributed by atoms with Gasteiger partial charge in [-0.2, -0.15) is 0 Å². The zero-order valence-corrected chi connectivity index (χ0v) is 17.3. The van der Waals surface area contributed by atoms with Crippen LogP contribution in [0.3, 0.4) is 0 Å². The van der Waals surface area contributed by atoms with Crippen molar-refractivity contribution in [1.82, 2.24) is 4.90 Å². The Morgan fingerprint density at radius 3 is 2.62 bits per heavy atom. The second-order valence-corrected chi connectivity index (χ2v) is 9.01. The van der Waals surface area contributed by atoms with E-state index in [1.165, 1.54) is 11.3 Å². The van der Waals surface area contributed by atoms with Crippen molar-refractivity contribution in [3.05, 3.63) is 87.1 Å². The molecule has 1 spiro atoms. The summed E-state index contributed by atoms with van der Waals surface area (Å²) in [5.41, 5.74) is 1.65. The summed E-state index contributed by atoms with van der Waals surface area (Å²) in [7, 11) is 1.94. The van der Waals surface area contributed by atoms with Gasteiger partial charge in [-0.1, -0.05) is 48.0 Å². The summed E-state index contributed by atoms with van der Waals surface area (Å²) in [5.74, 6) is -0.775. The fourth-order valence-electron chi connectivity index (χ4n) is 4.98. The third-order valence-corrected chi connectivity index (χ3v) is 7.34. The minimum Gasteiger partial charge on any atom is -0.324 e. The average Bonchev–Trinajstić information content (AvgIpc) is 3.42. The number of thiophene rings is 1. The Balaban J connectivity index is 1.73. The summed E-state index contributed by atoms with van der Waals surface area (Å²) < 4.78 is 0. The van der Waals surface area contributed by atoms with Crippen molar-refractivity contribution in [3.8, 4) is 0 Å². The first kappa shape index (κ1) is 18.6. The molecule has 2 aromatic carbocycles. The SMILES string of the molecule is CN1C[C@H](c2ccc(Cl)cc2)C(C(=O)c2cccs2)[C@]12C(=O)Nc1ccccc12. The minimum absolute atomic E-state index is 0.0103. The molecule has 0 aliphatic carbocycles. The number of hydrogen-bond donors (Lipinski definition) is 1. The van der Waals surface area contributed by atoms with E-state index in [0.717, 1.165) is 16.8 Å². The van der Waals surface area contributed by atoms with E-state index in [2.05, 4.69) is 5.32 Å². The van der Waals surface area contributed by atoms with Gasteiger partial charge in [-0.3, -0.25) is 14.5 Å². The standard InChI is InChI=1S/C23H19ClN2O2S/c1-26-13-16(14-8-10-15(24)11-9-14)20(21(27)19-7-4-12-29-19)23(26)17-5-2-3-6-18(17)25-22(23)28/h2-12,16,20H,13H2,1H3,(H,25,28)/t16-,20?,23-/m1/s1. The summed E-state index contributed by atoms with van der Waals surface area (Å²) >= 11 is 7.52. The number of anilines is 1. The van der Waals surface area contributed by atoms with E-state index >= 15 is 0 Å². The number of fused-ring (bicyclic) bond motifs is 2. The molecule has 0 bridgehead atoms. The maximum Gasteiger partial charge on any atom is 0.250 e. The van der Waals surface area contributed by atoms with E-state index in [-0.39, 0.29) is 17.6 Å². The second-order valence-electron chi connectivity index (χ2n) is 7.62.